The molecule has 23 heavy (non-hydrogen) atoms. The van der Waals surface area contributed by atoms with Crippen LogP contribution in [0.1, 0.15) is 5.69 Å². The van der Waals surface area contributed by atoms with E-state index >= 15 is 0 Å². The Morgan fingerprint density at radius 3 is 2.65 bits per heavy atom. The first-order valence-corrected chi connectivity index (χ1v) is 6.57. The number of aromatic nitrogens is 5. The summed E-state index contributed by atoms with van der Waals surface area (Å²) in [5.41, 5.74) is -0.717. The molecule has 1 N–H and O–H groups in total. The minimum absolute atomic E-state index is 0.277. The van der Waals surface area contributed by atoms with Gasteiger partial charge in [-0.3, -0.25) is 0 Å². The molecular weight excluding hydrogens is 335 g/mol. The molecule has 0 bridgehead atoms. The summed E-state index contributed by atoms with van der Waals surface area (Å²) in [7, 11) is 0. The first kappa shape index (κ1) is 15.2. The van der Waals surface area contributed by atoms with Gasteiger partial charge in [-0.2, -0.15) is 13.2 Å². The molecule has 0 saturated carbocycles. The number of rotatable bonds is 2. The van der Waals surface area contributed by atoms with E-state index in [-0.39, 0.29) is 5.69 Å². The molecule has 0 aliphatic heterocycles. The third-order valence-corrected chi connectivity index (χ3v) is 3.19. The van der Waals surface area contributed by atoms with Crippen molar-refractivity contribution in [2.24, 2.45) is 0 Å². The fraction of sp³-hybridized carbons (Fsp3) is 0.0769. The lowest BCUT2D eigenvalue weighted by molar-refractivity contribution is -0.141. The average Bonchev–Trinajstić information content (AvgIpc) is 2.97. The zero-order valence-electron chi connectivity index (χ0n) is 11.2. The molecule has 1 aromatic carbocycles. The van der Waals surface area contributed by atoms with Crippen LogP contribution in [-0.4, -0.2) is 25.0 Å². The first-order valence-electron chi connectivity index (χ1n) is 6.20. The molecular formula is C13H7ClF3N5O. The summed E-state index contributed by atoms with van der Waals surface area (Å²) in [6.45, 7) is 0. The second kappa shape index (κ2) is 5.51. The van der Waals surface area contributed by atoms with Crippen LogP contribution in [0.15, 0.2) is 41.5 Å². The summed E-state index contributed by atoms with van der Waals surface area (Å²) < 4.78 is 39.0. The predicted molar refractivity (Wildman–Crippen MR) is 75.2 cm³/mol. The lowest BCUT2D eigenvalue weighted by Crippen LogP contribution is -2.10. The van der Waals surface area contributed by atoms with Gasteiger partial charge in [0, 0.05) is 16.8 Å². The van der Waals surface area contributed by atoms with Crippen LogP contribution in [0.25, 0.3) is 16.9 Å². The van der Waals surface area contributed by atoms with Gasteiger partial charge in [0.2, 0.25) is 0 Å². The molecule has 3 aromatic rings. The summed E-state index contributed by atoms with van der Waals surface area (Å²) in [6.07, 6.45) is -2.57. The van der Waals surface area contributed by atoms with Crippen molar-refractivity contribution in [3.63, 3.8) is 0 Å². The summed E-state index contributed by atoms with van der Waals surface area (Å²) in [4.78, 5) is 17.3. The van der Waals surface area contributed by atoms with E-state index < -0.39 is 17.6 Å². The molecule has 0 fully saturated rings. The van der Waals surface area contributed by atoms with Crippen LogP contribution in [0.4, 0.5) is 13.2 Å². The third kappa shape index (κ3) is 3.09. The molecule has 118 valence electrons. The predicted octanol–water partition coefficient (Wildman–Crippen LogP) is 2.69. The summed E-state index contributed by atoms with van der Waals surface area (Å²) in [5, 5.41) is 6.94. The number of alkyl halides is 3. The molecule has 0 amide bonds. The van der Waals surface area contributed by atoms with Crippen molar-refractivity contribution in [2.75, 3.05) is 0 Å². The van der Waals surface area contributed by atoms with Crippen molar-refractivity contribution in [1.29, 1.82) is 0 Å². The van der Waals surface area contributed by atoms with Crippen molar-refractivity contribution in [1.82, 2.24) is 25.0 Å². The number of nitrogens with zero attached hydrogens (tertiary/aromatic N) is 4. The van der Waals surface area contributed by atoms with Crippen LogP contribution < -0.4 is 5.69 Å². The van der Waals surface area contributed by atoms with Gasteiger partial charge in [-0.1, -0.05) is 16.8 Å². The van der Waals surface area contributed by atoms with Gasteiger partial charge in [-0.05, 0) is 24.3 Å². The molecule has 3 rings (SSSR count). The Hall–Kier alpha value is -2.68. The minimum Gasteiger partial charge on any atom is -0.305 e. The van der Waals surface area contributed by atoms with Crippen molar-refractivity contribution < 1.29 is 13.2 Å². The van der Waals surface area contributed by atoms with E-state index in [2.05, 4.69) is 20.3 Å². The van der Waals surface area contributed by atoms with Crippen molar-refractivity contribution in [3.8, 4) is 16.9 Å². The quantitative estimate of drug-likeness (QED) is 0.777. The highest BCUT2D eigenvalue weighted by Gasteiger charge is 2.34. The third-order valence-electron chi connectivity index (χ3n) is 2.95. The molecule has 0 unspecified atom stereocenters. The lowest BCUT2D eigenvalue weighted by Gasteiger charge is -2.09. The second-order valence-electron chi connectivity index (χ2n) is 4.50. The van der Waals surface area contributed by atoms with Crippen LogP contribution in [0, 0.1) is 0 Å². The Balaban J connectivity index is 2.17. The van der Waals surface area contributed by atoms with Crippen LogP contribution in [0.2, 0.25) is 5.02 Å². The van der Waals surface area contributed by atoms with Gasteiger partial charge >= 0.3 is 11.9 Å². The fourth-order valence-electron chi connectivity index (χ4n) is 1.96. The molecule has 0 saturated heterocycles. The number of hydrogen-bond donors (Lipinski definition) is 1. The molecule has 0 radical (unpaired) electrons. The monoisotopic (exact) mass is 341 g/mol. The number of H-pyrrole nitrogens is 1. The number of benzene rings is 1. The van der Waals surface area contributed by atoms with Crippen molar-refractivity contribution in [2.45, 2.75) is 6.18 Å². The highest BCUT2D eigenvalue weighted by Crippen LogP contribution is 2.30. The molecule has 0 atom stereocenters. The maximum absolute atomic E-state index is 12.7. The summed E-state index contributed by atoms with van der Waals surface area (Å²) in [5.74, 6) is 0. The second-order valence-corrected chi connectivity index (χ2v) is 4.93. The Morgan fingerprint density at radius 2 is 2.00 bits per heavy atom. The molecule has 6 nitrogen and oxygen atoms in total. The highest BCUT2D eigenvalue weighted by molar-refractivity contribution is 6.31. The van der Waals surface area contributed by atoms with Gasteiger partial charge in [-0.15, -0.1) is 5.10 Å². The van der Waals surface area contributed by atoms with Gasteiger partial charge in [-0.25, -0.2) is 14.5 Å². The van der Waals surface area contributed by atoms with E-state index in [1.165, 1.54) is 30.5 Å². The normalized spacial score (nSPS) is 11.7. The first-order chi connectivity index (χ1) is 10.8. The molecule has 2 aromatic heterocycles. The van der Waals surface area contributed by atoms with E-state index in [9.17, 15) is 18.0 Å². The van der Waals surface area contributed by atoms with Crippen LogP contribution in [-0.2, 0) is 6.18 Å². The lowest BCUT2D eigenvalue weighted by atomic mass is 10.1. The van der Waals surface area contributed by atoms with Crippen LogP contribution in [0.3, 0.4) is 0 Å². The Labute approximate surface area is 131 Å². The fourth-order valence-corrected chi connectivity index (χ4v) is 2.13. The number of halogens is 4. The van der Waals surface area contributed by atoms with Gasteiger partial charge in [0.05, 0.1) is 17.6 Å². The maximum atomic E-state index is 12.7. The minimum atomic E-state index is -4.60. The van der Waals surface area contributed by atoms with Gasteiger partial charge in [0.15, 0.2) is 5.69 Å². The van der Waals surface area contributed by atoms with Crippen LogP contribution in [0.5, 0.6) is 0 Å². The van der Waals surface area contributed by atoms with Crippen molar-refractivity contribution in [3.05, 3.63) is 57.9 Å². The summed E-state index contributed by atoms with van der Waals surface area (Å²) in [6, 6.07) is 5.97. The summed E-state index contributed by atoms with van der Waals surface area (Å²) >= 11 is 5.94. The van der Waals surface area contributed by atoms with Crippen LogP contribution >= 0.6 is 11.6 Å². The van der Waals surface area contributed by atoms with Gasteiger partial charge < -0.3 is 4.98 Å². The largest absolute Gasteiger partial charge is 0.436 e. The average molecular weight is 342 g/mol. The van der Waals surface area contributed by atoms with E-state index in [1.54, 1.807) is 0 Å². The Morgan fingerprint density at radius 1 is 1.22 bits per heavy atom. The van der Waals surface area contributed by atoms with E-state index in [1.807, 2.05) is 0 Å². The molecule has 0 aliphatic carbocycles. The molecule has 10 heteroatoms. The molecule has 0 aliphatic rings. The highest BCUT2D eigenvalue weighted by atomic mass is 35.5. The molecule has 0 spiro atoms. The zero-order valence-corrected chi connectivity index (χ0v) is 11.9. The molecule has 2 heterocycles. The SMILES string of the molecule is O=c1nccc(-c2cc(Cl)ccc2-n2cc(C(F)(F)F)nn2)[nH]1. The van der Waals surface area contributed by atoms with E-state index in [0.717, 1.165) is 10.9 Å². The van der Waals surface area contributed by atoms with Crippen molar-refractivity contribution >= 4 is 11.6 Å². The standard InChI is InChI=1S/C13H7ClF3N5O/c14-7-1-2-10(22-6-11(20-21-22)13(15,16)17)8(5-7)9-3-4-18-12(23)19-9/h1-6H,(H,18,19,23). The van der Waals surface area contributed by atoms with E-state index in [0.29, 0.717) is 16.3 Å². The Kier molecular flexibility index (Phi) is 3.64. The topological polar surface area (TPSA) is 76.5 Å². The van der Waals surface area contributed by atoms with Gasteiger partial charge in [0.25, 0.3) is 0 Å². The Bertz CT molecular complexity index is 918. The smallest absolute Gasteiger partial charge is 0.305 e. The number of hydrogen-bond acceptors (Lipinski definition) is 4. The number of aromatic amines is 1. The maximum Gasteiger partial charge on any atom is 0.436 e. The number of nitrogens with one attached hydrogen (secondary N) is 1. The van der Waals surface area contributed by atoms with Gasteiger partial charge in [0.1, 0.15) is 0 Å². The zero-order chi connectivity index (χ0) is 16.6. The van der Waals surface area contributed by atoms with E-state index in [4.69, 9.17) is 11.6 Å².